The minimum atomic E-state index is -2.51. The Morgan fingerprint density at radius 3 is 0.933 bits per heavy atom. The van der Waals surface area contributed by atoms with Crippen LogP contribution in [0.4, 0.5) is 0 Å². The minimum absolute atomic E-state index is 0.0202. The molecule has 25 atom stereocenters. The number of ether oxygens (including phenoxy) is 25. The van der Waals surface area contributed by atoms with Gasteiger partial charge in [-0.2, -0.15) is 0 Å². The van der Waals surface area contributed by atoms with Crippen molar-refractivity contribution in [1.29, 1.82) is 0 Å². The van der Waals surface area contributed by atoms with E-state index in [1.165, 1.54) is 155 Å². The molecule has 0 spiro atoms. The quantitative estimate of drug-likeness (QED) is 0.0212. The SMILES string of the molecule is CC(=O)OC[C@H]1O[C@@H](OC[C@H]2O[C@@H](OCC[Si](C)(C)C)[C@H](OC(C)=O)[C@@H](O[C@@H]3O[C@H](COC(=O)C(C)(C)C)[C@@H](O[C@@H]4O[C@H](COC(=O)c5ccccc5)[C@H](OC(=O)c5ccccc5)[C@H](OC(=O)c5ccccc5)[C@H]4OC(=O)c4ccccc4)[C@H](O[C@@H]4O[C@@H](C)[C@@H](OC(C)=O)[C@@H](OC(C)=O)[C@@H]4OC(C)=O)[C@H]3OC(=O)c3ccccc3)[C@H]2OC(C)=O)[C@H](OC(C)=O)[C@@H](OC(C)=O)[C@H]1OC(C)=O. The van der Waals surface area contributed by atoms with Crippen LogP contribution in [0.3, 0.4) is 0 Å². The third-order valence-corrected chi connectivity index (χ3v) is 22.5. The summed E-state index contributed by atoms with van der Waals surface area (Å²) >= 11 is 0. The molecule has 0 aliphatic carbocycles. The third kappa shape index (κ3) is 29.2. The van der Waals surface area contributed by atoms with Crippen molar-refractivity contribution in [1.82, 2.24) is 0 Å². The van der Waals surface area contributed by atoms with Gasteiger partial charge in [-0.1, -0.05) is 111 Å². The molecule has 5 saturated heterocycles. The highest BCUT2D eigenvalue weighted by atomic mass is 28.3. The van der Waals surface area contributed by atoms with E-state index in [2.05, 4.69) is 0 Å². The van der Waals surface area contributed by atoms with E-state index >= 15 is 14.4 Å². The second-order valence-corrected chi connectivity index (χ2v) is 39.5. The lowest BCUT2D eigenvalue weighted by Gasteiger charge is -2.52. The van der Waals surface area contributed by atoms with Gasteiger partial charge in [0.2, 0.25) is 0 Å². The van der Waals surface area contributed by atoms with Crippen molar-refractivity contribution in [3.05, 3.63) is 179 Å². The first-order valence-corrected chi connectivity index (χ1v) is 46.6. The van der Waals surface area contributed by atoms with Crippen LogP contribution in [0.5, 0.6) is 0 Å². The number of hydrogen-bond donors (Lipinski definition) is 0. The van der Waals surface area contributed by atoms with Gasteiger partial charge in [-0.3, -0.25) is 47.9 Å². The summed E-state index contributed by atoms with van der Waals surface area (Å²) in [6.45, 7) is 16.6. The predicted octanol–water partition coefficient (Wildman–Crippen LogP) is 7.52. The standard InChI is InChI=1S/C93H110O40Si/c1-48-67(115-50(3)95)72(118-53(6)98)79(122-57(10)102)89(114-48)132-76-71(131-90-80(129-85(106)61-38-28-20-29-39-61)74(128-84(105)60-36-26-19-27-37-60)70(127-83(104)59-34-24-18-25-35-59)64(125-90)45-111-82(103)58-32-22-17-23-33-58)66(47-113-92(108)93(11,12)13)126-91(81(76)130-86(107)62-40-30-21-31-41-62)133-75-69(117-52(5)97)65(123-87(78(75)121-56(9)101)109-42-43-134(14,15)16)46-112-88-77(120-55(8)100)73(119-54(7)99)68(116-51(4)96)63(124-88)44-110-49(2)94/h17-41,48,63-81,87-91H,42-47H2,1-16H3/t48-,63+,64+,65+,66+,67+,68-,69-,70-,71+,72+,73-,74-,75-,76-,77+,78+,79-,80+,81+,87+,88+,89-,90-,91-/m0/s1. The van der Waals surface area contributed by atoms with Crippen molar-refractivity contribution < 1.29 is 190 Å². The van der Waals surface area contributed by atoms with Crippen LogP contribution < -0.4 is 0 Å². The number of carbonyl (C=O) groups excluding carboxylic acids is 15. The fourth-order valence-corrected chi connectivity index (χ4v) is 15.6. The molecular formula is C93H110O40Si. The monoisotopic (exact) mass is 1890 g/mol. The van der Waals surface area contributed by atoms with Gasteiger partial charge >= 0.3 is 89.5 Å². The molecule has 5 aliphatic heterocycles. The van der Waals surface area contributed by atoms with Crippen LogP contribution in [0.1, 0.15) is 142 Å². The molecule has 10 rings (SSSR count). The maximum Gasteiger partial charge on any atom is 0.338 e. The summed E-state index contributed by atoms with van der Waals surface area (Å²) in [5.41, 5.74) is -2.14. The molecular weight excluding hydrogens is 1790 g/mol. The molecule has 0 aromatic heterocycles. The first-order chi connectivity index (χ1) is 63.5. The van der Waals surface area contributed by atoms with Gasteiger partial charge < -0.3 is 118 Å². The van der Waals surface area contributed by atoms with Crippen LogP contribution in [-0.2, 0) is 166 Å². The maximum absolute atomic E-state index is 15.8. The Morgan fingerprint density at radius 2 is 0.530 bits per heavy atom. The maximum atomic E-state index is 15.8. The predicted molar refractivity (Wildman–Crippen MR) is 454 cm³/mol. The van der Waals surface area contributed by atoms with Crippen molar-refractivity contribution in [2.75, 3.05) is 33.0 Å². The topological polar surface area (TPSA) is 487 Å². The Balaban J connectivity index is 1.25. The summed E-state index contributed by atoms with van der Waals surface area (Å²) in [7, 11) is -2.18. The van der Waals surface area contributed by atoms with E-state index in [-0.39, 0.29) is 34.4 Å². The molecule has 726 valence electrons. The van der Waals surface area contributed by atoms with E-state index in [0.29, 0.717) is 6.04 Å². The van der Waals surface area contributed by atoms with Gasteiger partial charge in [0.05, 0.1) is 45.9 Å². The van der Waals surface area contributed by atoms with Crippen molar-refractivity contribution in [3.8, 4) is 0 Å². The Labute approximate surface area is 771 Å². The van der Waals surface area contributed by atoms with Gasteiger partial charge in [0.1, 0.15) is 62.5 Å². The average molecular weight is 1900 g/mol. The van der Waals surface area contributed by atoms with Gasteiger partial charge in [-0.25, -0.2) is 24.0 Å². The Morgan fingerprint density at radius 1 is 0.269 bits per heavy atom. The second-order valence-electron chi connectivity index (χ2n) is 33.8. The molecule has 0 bridgehead atoms. The molecule has 134 heavy (non-hydrogen) atoms. The van der Waals surface area contributed by atoms with Crippen molar-refractivity contribution in [3.63, 3.8) is 0 Å². The van der Waals surface area contributed by atoms with Gasteiger partial charge in [0, 0.05) is 77.0 Å². The van der Waals surface area contributed by atoms with E-state index in [9.17, 15) is 57.5 Å². The number of carbonyl (C=O) groups is 15. The van der Waals surface area contributed by atoms with E-state index in [4.69, 9.17) is 118 Å². The Kier molecular flexibility index (Phi) is 37.1. The first kappa shape index (κ1) is 104. The second kappa shape index (κ2) is 47.7. The zero-order valence-electron chi connectivity index (χ0n) is 76.4. The molecule has 5 aromatic carbocycles. The first-order valence-electron chi connectivity index (χ1n) is 42.9. The van der Waals surface area contributed by atoms with Crippen LogP contribution in [0.2, 0.25) is 25.7 Å². The highest BCUT2D eigenvalue weighted by Crippen LogP contribution is 2.43. The zero-order valence-corrected chi connectivity index (χ0v) is 77.4. The smallest absolute Gasteiger partial charge is 0.338 e. The van der Waals surface area contributed by atoms with Gasteiger partial charge in [0.15, 0.2) is 105 Å². The normalized spacial score (nSPS) is 28.4. The molecule has 5 fully saturated rings. The molecule has 0 saturated carbocycles. The molecule has 5 heterocycles. The number of benzene rings is 5. The highest BCUT2D eigenvalue weighted by molar-refractivity contribution is 6.76. The molecule has 5 aromatic rings. The number of esters is 15. The summed E-state index contributed by atoms with van der Waals surface area (Å²) in [4.78, 5) is 211. The molecule has 0 radical (unpaired) electrons. The van der Waals surface area contributed by atoms with Crippen LogP contribution >= 0.6 is 0 Å². The summed E-state index contributed by atoms with van der Waals surface area (Å²) in [6, 6.07) is 36.7. The fourth-order valence-electron chi connectivity index (χ4n) is 14.8. The van der Waals surface area contributed by atoms with Gasteiger partial charge in [-0.05, 0) is 94.4 Å². The summed E-state index contributed by atoms with van der Waals surface area (Å²) < 4.78 is 160. The van der Waals surface area contributed by atoms with Crippen molar-refractivity contribution in [2.45, 2.75) is 269 Å². The van der Waals surface area contributed by atoms with Crippen LogP contribution in [0.15, 0.2) is 152 Å². The molecule has 40 nitrogen and oxygen atoms in total. The Bertz CT molecular complexity index is 4870. The number of rotatable bonds is 36. The summed E-state index contributed by atoms with van der Waals surface area (Å²) in [6.07, 6.45) is -51.8. The lowest BCUT2D eigenvalue weighted by atomic mass is 9.94. The van der Waals surface area contributed by atoms with E-state index in [1.807, 2.05) is 19.6 Å². The largest absolute Gasteiger partial charge is 0.463 e. The fraction of sp³-hybridized carbons (Fsp3) is 0.516. The Hall–Kier alpha value is -12.0. The van der Waals surface area contributed by atoms with Gasteiger partial charge in [-0.15, -0.1) is 0 Å². The molecule has 0 amide bonds. The summed E-state index contributed by atoms with van der Waals surface area (Å²) in [5, 5.41) is 0. The minimum Gasteiger partial charge on any atom is -0.463 e. The summed E-state index contributed by atoms with van der Waals surface area (Å²) in [5.74, 6) is -16.1. The number of hydrogen-bond acceptors (Lipinski definition) is 40. The van der Waals surface area contributed by atoms with Crippen molar-refractivity contribution >= 4 is 97.6 Å². The molecule has 5 aliphatic rings. The van der Waals surface area contributed by atoms with E-state index in [1.54, 1.807) is 24.3 Å². The molecule has 41 heteroatoms. The third-order valence-electron chi connectivity index (χ3n) is 20.8. The molecule has 0 N–H and O–H groups in total. The van der Waals surface area contributed by atoms with Crippen molar-refractivity contribution in [2.24, 2.45) is 5.41 Å². The lowest BCUT2D eigenvalue weighted by Crippen LogP contribution is -2.70. The average Bonchev–Trinajstić information content (AvgIpc) is 0.750. The van der Waals surface area contributed by atoms with E-state index < -0.39 is 283 Å². The van der Waals surface area contributed by atoms with Crippen LogP contribution in [0, 0.1) is 5.41 Å². The van der Waals surface area contributed by atoms with Gasteiger partial charge in [0.25, 0.3) is 0 Å². The lowest BCUT2D eigenvalue weighted by molar-refractivity contribution is -0.398. The molecule has 0 unspecified atom stereocenters. The van der Waals surface area contributed by atoms with Crippen LogP contribution in [-0.4, -0.2) is 284 Å². The van der Waals surface area contributed by atoms with Crippen LogP contribution in [0.25, 0.3) is 0 Å². The highest BCUT2D eigenvalue weighted by Gasteiger charge is 2.63. The zero-order chi connectivity index (χ0) is 97.6. The van der Waals surface area contributed by atoms with E-state index in [0.717, 1.165) is 62.3 Å².